The smallest absolute Gasteiger partial charge is 0.172 e. The highest BCUT2D eigenvalue weighted by Gasteiger charge is 2.12. The molecule has 0 spiro atoms. The summed E-state index contributed by atoms with van der Waals surface area (Å²) in [5, 5.41) is 0. The molecular weight excluding hydrogens is 234 g/mol. The lowest BCUT2D eigenvalue weighted by molar-refractivity contribution is 0.0371. The molecule has 1 aliphatic rings. The fourth-order valence-corrected chi connectivity index (χ4v) is 2.83. The SMILES string of the molecule is Cc1ccc(C(=O)CCCN2CCOCC2)s1. The zero-order valence-electron chi connectivity index (χ0n) is 10.3. The van der Waals surface area contributed by atoms with Crippen molar-refractivity contribution < 1.29 is 9.53 Å². The lowest BCUT2D eigenvalue weighted by Crippen LogP contribution is -2.36. The molecule has 0 amide bonds. The third-order valence-electron chi connectivity index (χ3n) is 3.00. The molecule has 2 heterocycles. The van der Waals surface area contributed by atoms with Crippen molar-refractivity contribution in [3.8, 4) is 0 Å². The Labute approximate surface area is 106 Å². The first-order valence-electron chi connectivity index (χ1n) is 6.15. The Balaban J connectivity index is 1.69. The first kappa shape index (κ1) is 12.7. The second kappa shape index (κ2) is 6.28. The number of rotatable bonds is 5. The maximum Gasteiger partial charge on any atom is 0.172 e. The maximum atomic E-state index is 11.9. The zero-order valence-corrected chi connectivity index (χ0v) is 11.1. The fraction of sp³-hybridized carbons (Fsp3) is 0.615. The summed E-state index contributed by atoms with van der Waals surface area (Å²) in [5.41, 5.74) is 0. The predicted octanol–water partition coefficient (Wildman–Crippen LogP) is 2.35. The number of hydrogen-bond acceptors (Lipinski definition) is 4. The molecular formula is C13H19NO2S. The molecule has 0 atom stereocenters. The van der Waals surface area contributed by atoms with Crippen molar-refractivity contribution in [3.63, 3.8) is 0 Å². The molecule has 17 heavy (non-hydrogen) atoms. The number of ether oxygens (including phenoxy) is 1. The molecule has 0 N–H and O–H groups in total. The van der Waals surface area contributed by atoms with Gasteiger partial charge < -0.3 is 4.74 Å². The van der Waals surface area contributed by atoms with Gasteiger partial charge in [-0.1, -0.05) is 0 Å². The van der Waals surface area contributed by atoms with Crippen molar-refractivity contribution >= 4 is 17.1 Å². The van der Waals surface area contributed by atoms with Crippen LogP contribution in [0.4, 0.5) is 0 Å². The highest BCUT2D eigenvalue weighted by atomic mass is 32.1. The monoisotopic (exact) mass is 253 g/mol. The lowest BCUT2D eigenvalue weighted by Gasteiger charge is -2.26. The van der Waals surface area contributed by atoms with Crippen LogP contribution < -0.4 is 0 Å². The van der Waals surface area contributed by atoms with Gasteiger partial charge in [-0.05, 0) is 32.0 Å². The summed E-state index contributed by atoms with van der Waals surface area (Å²) in [6.07, 6.45) is 1.62. The van der Waals surface area contributed by atoms with Gasteiger partial charge in [-0.2, -0.15) is 0 Å². The second-order valence-electron chi connectivity index (χ2n) is 4.39. The maximum absolute atomic E-state index is 11.9. The second-order valence-corrected chi connectivity index (χ2v) is 5.68. The van der Waals surface area contributed by atoms with Crippen molar-refractivity contribution in [1.82, 2.24) is 4.90 Å². The van der Waals surface area contributed by atoms with Crippen LogP contribution in [-0.4, -0.2) is 43.5 Å². The van der Waals surface area contributed by atoms with E-state index in [0.29, 0.717) is 6.42 Å². The molecule has 0 unspecified atom stereocenters. The first-order valence-corrected chi connectivity index (χ1v) is 6.97. The Morgan fingerprint density at radius 3 is 2.82 bits per heavy atom. The first-order chi connectivity index (χ1) is 8.25. The van der Waals surface area contributed by atoms with Crippen molar-refractivity contribution in [3.05, 3.63) is 21.9 Å². The number of aryl methyl sites for hydroxylation is 1. The minimum absolute atomic E-state index is 0.288. The molecule has 0 saturated carbocycles. The Morgan fingerprint density at radius 1 is 1.41 bits per heavy atom. The number of Topliss-reactive ketones (excluding diaryl/α,β-unsaturated/α-hetero) is 1. The Kier molecular flexibility index (Phi) is 4.71. The van der Waals surface area contributed by atoms with Crippen LogP contribution in [0.5, 0.6) is 0 Å². The predicted molar refractivity (Wildman–Crippen MR) is 69.9 cm³/mol. The highest BCUT2D eigenvalue weighted by molar-refractivity contribution is 7.14. The molecule has 1 fully saturated rings. The van der Waals surface area contributed by atoms with Crippen molar-refractivity contribution in [2.45, 2.75) is 19.8 Å². The summed E-state index contributed by atoms with van der Waals surface area (Å²) in [4.78, 5) is 16.4. The molecule has 94 valence electrons. The molecule has 2 rings (SSSR count). The van der Waals surface area contributed by atoms with Gasteiger partial charge in [-0.25, -0.2) is 0 Å². The highest BCUT2D eigenvalue weighted by Crippen LogP contribution is 2.17. The summed E-state index contributed by atoms with van der Waals surface area (Å²) < 4.78 is 5.29. The van der Waals surface area contributed by atoms with Gasteiger partial charge in [-0.15, -0.1) is 11.3 Å². The van der Waals surface area contributed by atoms with Crippen LogP contribution in [0.2, 0.25) is 0 Å². The summed E-state index contributed by atoms with van der Waals surface area (Å²) in [5.74, 6) is 0.288. The van der Waals surface area contributed by atoms with E-state index in [1.54, 1.807) is 11.3 Å². The third kappa shape index (κ3) is 3.91. The standard InChI is InChI=1S/C13H19NO2S/c1-11-4-5-13(17-11)12(15)3-2-6-14-7-9-16-10-8-14/h4-5H,2-3,6-10H2,1H3. The van der Waals surface area contributed by atoms with Crippen molar-refractivity contribution in [2.24, 2.45) is 0 Å². The van der Waals surface area contributed by atoms with E-state index < -0.39 is 0 Å². The van der Waals surface area contributed by atoms with Gasteiger partial charge in [0.05, 0.1) is 18.1 Å². The Hall–Kier alpha value is -0.710. The van der Waals surface area contributed by atoms with Gasteiger partial charge in [0.15, 0.2) is 5.78 Å². The van der Waals surface area contributed by atoms with Crippen molar-refractivity contribution in [1.29, 1.82) is 0 Å². The summed E-state index contributed by atoms with van der Waals surface area (Å²) in [7, 11) is 0. The van der Waals surface area contributed by atoms with Crippen molar-refractivity contribution in [2.75, 3.05) is 32.8 Å². The molecule has 1 aliphatic heterocycles. The number of hydrogen-bond donors (Lipinski definition) is 0. The molecule has 0 aliphatic carbocycles. The van der Waals surface area contributed by atoms with E-state index in [9.17, 15) is 4.79 Å². The van der Waals surface area contributed by atoms with Crippen LogP contribution in [0.3, 0.4) is 0 Å². The van der Waals surface area contributed by atoms with E-state index in [1.807, 2.05) is 19.1 Å². The minimum atomic E-state index is 0.288. The normalized spacial score (nSPS) is 17.2. The summed E-state index contributed by atoms with van der Waals surface area (Å²) >= 11 is 1.60. The lowest BCUT2D eigenvalue weighted by atomic mass is 10.2. The molecule has 4 heteroatoms. The third-order valence-corrected chi connectivity index (χ3v) is 4.04. The van der Waals surface area contributed by atoms with E-state index in [1.165, 1.54) is 4.88 Å². The number of carbonyl (C=O) groups is 1. The van der Waals surface area contributed by atoms with Gasteiger partial charge in [0.25, 0.3) is 0 Å². The number of carbonyl (C=O) groups excluding carboxylic acids is 1. The van der Waals surface area contributed by atoms with Gasteiger partial charge in [0, 0.05) is 24.4 Å². The van der Waals surface area contributed by atoms with Crippen LogP contribution >= 0.6 is 11.3 Å². The topological polar surface area (TPSA) is 29.5 Å². The van der Waals surface area contributed by atoms with Gasteiger partial charge >= 0.3 is 0 Å². The average Bonchev–Trinajstić information content (AvgIpc) is 2.77. The largest absolute Gasteiger partial charge is 0.379 e. The summed E-state index contributed by atoms with van der Waals surface area (Å²) in [6.45, 7) is 6.73. The van der Waals surface area contributed by atoms with E-state index in [2.05, 4.69) is 4.90 Å². The van der Waals surface area contributed by atoms with E-state index in [0.717, 1.165) is 44.1 Å². The molecule has 1 aromatic heterocycles. The van der Waals surface area contributed by atoms with Crippen LogP contribution in [0.25, 0.3) is 0 Å². The molecule has 0 aromatic carbocycles. The average molecular weight is 253 g/mol. The van der Waals surface area contributed by atoms with Gasteiger partial charge in [0.1, 0.15) is 0 Å². The quantitative estimate of drug-likeness (QED) is 0.754. The molecule has 1 aromatic rings. The molecule has 0 bridgehead atoms. The minimum Gasteiger partial charge on any atom is -0.379 e. The van der Waals surface area contributed by atoms with Crippen LogP contribution in [0, 0.1) is 6.92 Å². The van der Waals surface area contributed by atoms with E-state index in [4.69, 9.17) is 4.74 Å². The molecule has 1 saturated heterocycles. The fourth-order valence-electron chi connectivity index (χ4n) is 2.00. The Bertz CT molecular complexity index is 369. The number of thiophene rings is 1. The Morgan fingerprint density at radius 2 is 2.18 bits per heavy atom. The van der Waals surface area contributed by atoms with Crippen LogP contribution in [-0.2, 0) is 4.74 Å². The van der Waals surface area contributed by atoms with E-state index in [-0.39, 0.29) is 5.78 Å². The molecule has 3 nitrogen and oxygen atoms in total. The van der Waals surface area contributed by atoms with Gasteiger partial charge in [-0.3, -0.25) is 9.69 Å². The van der Waals surface area contributed by atoms with Gasteiger partial charge in [0.2, 0.25) is 0 Å². The number of morpholine rings is 1. The molecule has 0 radical (unpaired) electrons. The zero-order chi connectivity index (χ0) is 12.1. The summed E-state index contributed by atoms with van der Waals surface area (Å²) in [6, 6.07) is 3.96. The van der Waals surface area contributed by atoms with Crippen LogP contribution in [0.1, 0.15) is 27.4 Å². The number of ketones is 1. The van der Waals surface area contributed by atoms with E-state index >= 15 is 0 Å². The van der Waals surface area contributed by atoms with Crippen LogP contribution in [0.15, 0.2) is 12.1 Å². The number of nitrogens with zero attached hydrogens (tertiary/aromatic N) is 1.